The molecule has 2 aliphatic rings. The normalized spacial score (nSPS) is 19.8. The second-order valence-corrected chi connectivity index (χ2v) is 9.41. The van der Waals surface area contributed by atoms with Crippen molar-refractivity contribution in [2.45, 2.75) is 59.2 Å². The van der Waals surface area contributed by atoms with Crippen molar-refractivity contribution in [3.63, 3.8) is 0 Å². The van der Waals surface area contributed by atoms with Crippen molar-refractivity contribution in [3.05, 3.63) is 69.1 Å². The lowest BCUT2D eigenvalue weighted by atomic mass is 10.1. The molecule has 4 rings (SSSR count). The fourth-order valence-electron chi connectivity index (χ4n) is 5.52. The molecular formula is C27H38N4O2. The van der Waals surface area contributed by atoms with Gasteiger partial charge in [-0.1, -0.05) is 44.2 Å². The summed E-state index contributed by atoms with van der Waals surface area (Å²) in [5.74, 6) is -0.0938. The van der Waals surface area contributed by atoms with Crippen LogP contribution < -0.4 is 5.43 Å². The predicted octanol–water partition coefficient (Wildman–Crippen LogP) is 3.16. The van der Waals surface area contributed by atoms with Gasteiger partial charge in [-0.2, -0.15) is 0 Å². The largest absolute Gasteiger partial charge is 0.346 e. The zero-order chi connectivity index (χ0) is 23.4. The van der Waals surface area contributed by atoms with Crippen molar-refractivity contribution >= 4 is 5.91 Å². The van der Waals surface area contributed by atoms with Crippen LogP contribution in [0.2, 0.25) is 0 Å². The van der Waals surface area contributed by atoms with Crippen molar-refractivity contribution in [1.29, 1.82) is 0 Å². The molecule has 178 valence electrons. The van der Waals surface area contributed by atoms with E-state index in [-0.39, 0.29) is 11.3 Å². The molecule has 0 spiro atoms. The zero-order valence-corrected chi connectivity index (χ0v) is 20.4. The SMILES string of the molecule is CCc1c(C(=O)N2CCN(Cc3ccccc3)CC2)c(=O)cc(C)n1C[C@H]1CCCN1CC. The van der Waals surface area contributed by atoms with Gasteiger partial charge in [-0.05, 0) is 44.8 Å². The Morgan fingerprint density at radius 1 is 1.03 bits per heavy atom. The van der Waals surface area contributed by atoms with Crippen molar-refractivity contribution in [3.8, 4) is 0 Å². The lowest BCUT2D eigenvalue weighted by Gasteiger charge is -2.35. The van der Waals surface area contributed by atoms with E-state index in [1.807, 2.05) is 17.9 Å². The molecule has 33 heavy (non-hydrogen) atoms. The first kappa shape index (κ1) is 23.7. The lowest BCUT2D eigenvalue weighted by Crippen LogP contribution is -2.49. The van der Waals surface area contributed by atoms with Crippen LogP contribution >= 0.6 is 0 Å². The van der Waals surface area contributed by atoms with E-state index in [9.17, 15) is 9.59 Å². The number of hydrogen-bond donors (Lipinski definition) is 0. The summed E-state index contributed by atoms with van der Waals surface area (Å²) in [7, 11) is 0. The van der Waals surface area contributed by atoms with Gasteiger partial charge < -0.3 is 9.47 Å². The standard InChI is InChI=1S/C27H38N4O2/c1-4-24-26(25(32)18-21(3)31(24)20-23-12-9-13-29(23)5-2)27(33)30-16-14-28(15-17-30)19-22-10-7-6-8-11-22/h6-8,10-11,18,23H,4-5,9,12-17,19-20H2,1-3H3/t23-/m1/s1. The summed E-state index contributed by atoms with van der Waals surface area (Å²) < 4.78 is 2.25. The number of carbonyl (C=O) groups excluding carboxylic acids is 1. The Kier molecular flexibility index (Phi) is 7.66. The van der Waals surface area contributed by atoms with Crippen LogP contribution in [0.25, 0.3) is 0 Å². The Hall–Kier alpha value is -2.44. The number of likely N-dealkylation sites (N-methyl/N-ethyl adjacent to an activating group) is 1. The van der Waals surface area contributed by atoms with Gasteiger partial charge in [-0.25, -0.2) is 0 Å². The number of rotatable bonds is 7. The minimum absolute atomic E-state index is 0.0938. The van der Waals surface area contributed by atoms with Crippen LogP contribution in [-0.4, -0.2) is 70.5 Å². The molecule has 1 atom stereocenters. The van der Waals surface area contributed by atoms with Gasteiger partial charge >= 0.3 is 0 Å². The van der Waals surface area contributed by atoms with Gasteiger partial charge in [0.25, 0.3) is 5.91 Å². The molecule has 0 bridgehead atoms. The van der Waals surface area contributed by atoms with Crippen LogP contribution in [0.1, 0.15) is 54.0 Å². The number of piperazine rings is 1. The summed E-state index contributed by atoms with van der Waals surface area (Å²) in [6.45, 7) is 13.2. The third-order valence-corrected chi connectivity index (χ3v) is 7.38. The molecule has 3 heterocycles. The Morgan fingerprint density at radius 3 is 2.42 bits per heavy atom. The number of hydrogen-bond acceptors (Lipinski definition) is 4. The van der Waals surface area contributed by atoms with E-state index in [2.05, 4.69) is 52.5 Å². The maximum Gasteiger partial charge on any atom is 0.259 e. The first-order valence-corrected chi connectivity index (χ1v) is 12.5. The topological polar surface area (TPSA) is 48.8 Å². The van der Waals surface area contributed by atoms with E-state index < -0.39 is 0 Å². The minimum Gasteiger partial charge on any atom is -0.346 e. The van der Waals surface area contributed by atoms with Gasteiger partial charge in [0, 0.05) is 62.8 Å². The van der Waals surface area contributed by atoms with E-state index in [1.54, 1.807) is 6.07 Å². The average molecular weight is 451 g/mol. The van der Waals surface area contributed by atoms with Gasteiger partial charge in [0.05, 0.1) is 0 Å². The maximum atomic E-state index is 13.6. The molecule has 2 aromatic rings. The molecule has 1 aromatic carbocycles. The van der Waals surface area contributed by atoms with Crippen LogP contribution in [0.5, 0.6) is 0 Å². The molecule has 0 radical (unpaired) electrons. The summed E-state index contributed by atoms with van der Waals surface area (Å²) >= 11 is 0. The fourth-order valence-corrected chi connectivity index (χ4v) is 5.52. The molecule has 0 saturated carbocycles. The van der Waals surface area contributed by atoms with Gasteiger partial charge in [-0.3, -0.25) is 19.4 Å². The number of nitrogens with zero attached hydrogens (tertiary/aromatic N) is 4. The summed E-state index contributed by atoms with van der Waals surface area (Å²) in [4.78, 5) is 33.4. The number of carbonyl (C=O) groups is 1. The Bertz CT molecular complexity index is 1010. The van der Waals surface area contributed by atoms with Gasteiger partial charge in [-0.15, -0.1) is 0 Å². The number of likely N-dealkylation sites (tertiary alicyclic amines) is 1. The van der Waals surface area contributed by atoms with Crippen molar-refractivity contribution in [2.75, 3.05) is 39.3 Å². The molecule has 2 aliphatic heterocycles. The Balaban J connectivity index is 1.51. The summed E-state index contributed by atoms with van der Waals surface area (Å²) in [5.41, 5.74) is 3.42. The first-order valence-electron chi connectivity index (χ1n) is 12.5. The van der Waals surface area contributed by atoms with Gasteiger partial charge in [0.1, 0.15) is 5.56 Å². The smallest absolute Gasteiger partial charge is 0.259 e. The van der Waals surface area contributed by atoms with E-state index in [0.717, 1.165) is 50.7 Å². The molecule has 1 amide bonds. The predicted molar refractivity (Wildman–Crippen MR) is 133 cm³/mol. The molecule has 2 saturated heterocycles. The molecule has 0 aliphatic carbocycles. The van der Waals surface area contributed by atoms with Gasteiger partial charge in [0.15, 0.2) is 5.43 Å². The number of aryl methyl sites for hydroxylation is 1. The lowest BCUT2D eigenvalue weighted by molar-refractivity contribution is 0.0624. The Labute approximate surface area is 197 Å². The molecule has 0 unspecified atom stereocenters. The highest BCUT2D eigenvalue weighted by Crippen LogP contribution is 2.22. The molecular weight excluding hydrogens is 412 g/mol. The third kappa shape index (κ3) is 5.22. The van der Waals surface area contributed by atoms with Crippen molar-refractivity contribution in [1.82, 2.24) is 19.3 Å². The summed E-state index contributed by atoms with van der Waals surface area (Å²) in [6, 6.07) is 12.6. The molecule has 0 N–H and O–H groups in total. The van der Waals surface area contributed by atoms with E-state index in [4.69, 9.17) is 0 Å². The molecule has 2 fully saturated rings. The summed E-state index contributed by atoms with van der Waals surface area (Å²) in [5, 5.41) is 0. The van der Waals surface area contributed by atoms with Crippen molar-refractivity contribution in [2.24, 2.45) is 0 Å². The highest BCUT2D eigenvalue weighted by atomic mass is 16.2. The average Bonchev–Trinajstić information content (AvgIpc) is 3.28. The van der Waals surface area contributed by atoms with Crippen LogP contribution in [0, 0.1) is 6.92 Å². The van der Waals surface area contributed by atoms with Crippen LogP contribution in [0.15, 0.2) is 41.2 Å². The highest BCUT2D eigenvalue weighted by molar-refractivity contribution is 5.95. The van der Waals surface area contributed by atoms with Gasteiger partial charge in [0.2, 0.25) is 0 Å². The molecule has 6 nitrogen and oxygen atoms in total. The second-order valence-electron chi connectivity index (χ2n) is 9.41. The first-order chi connectivity index (χ1) is 16.0. The number of amides is 1. The zero-order valence-electron chi connectivity index (χ0n) is 20.4. The monoisotopic (exact) mass is 450 g/mol. The number of benzene rings is 1. The fraction of sp³-hybridized carbons (Fsp3) is 0.556. The molecule has 1 aromatic heterocycles. The second kappa shape index (κ2) is 10.7. The number of aromatic nitrogens is 1. The maximum absolute atomic E-state index is 13.6. The van der Waals surface area contributed by atoms with Crippen LogP contribution in [-0.2, 0) is 19.5 Å². The third-order valence-electron chi connectivity index (χ3n) is 7.38. The van der Waals surface area contributed by atoms with Crippen LogP contribution in [0.3, 0.4) is 0 Å². The minimum atomic E-state index is -0.129. The summed E-state index contributed by atoms with van der Waals surface area (Å²) in [6.07, 6.45) is 3.08. The molecule has 6 heteroatoms. The van der Waals surface area contributed by atoms with E-state index in [0.29, 0.717) is 31.1 Å². The Morgan fingerprint density at radius 2 is 1.76 bits per heavy atom. The van der Waals surface area contributed by atoms with Crippen LogP contribution in [0.4, 0.5) is 0 Å². The van der Waals surface area contributed by atoms with E-state index in [1.165, 1.54) is 18.4 Å². The number of pyridine rings is 1. The van der Waals surface area contributed by atoms with E-state index >= 15 is 0 Å². The highest BCUT2D eigenvalue weighted by Gasteiger charge is 2.29. The quantitative estimate of drug-likeness (QED) is 0.650. The van der Waals surface area contributed by atoms with Crippen molar-refractivity contribution < 1.29 is 4.79 Å².